The Bertz CT molecular complexity index is 424. The van der Waals surface area contributed by atoms with Crippen molar-refractivity contribution in [3.05, 3.63) is 12.3 Å². The van der Waals surface area contributed by atoms with E-state index in [0.29, 0.717) is 0 Å². The highest BCUT2D eigenvalue weighted by atomic mass is 16.5. The molecule has 1 aliphatic heterocycles. The molecule has 0 amide bonds. The van der Waals surface area contributed by atoms with Gasteiger partial charge < -0.3 is 15.4 Å². The largest absolute Gasteiger partial charge is 0.469 e. The number of anilines is 2. The minimum Gasteiger partial charge on any atom is -0.469 e. The summed E-state index contributed by atoms with van der Waals surface area (Å²) in [6.07, 6.45) is 2.40. The zero-order valence-corrected chi connectivity index (χ0v) is 9.96. The lowest BCUT2D eigenvalue weighted by molar-refractivity contribution is -0.145. The van der Waals surface area contributed by atoms with Crippen molar-refractivity contribution in [2.75, 3.05) is 24.3 Å². The predicted molar refractivity (Wildman–Crippen MR) is 63.4 cm³/mol. The highest BCUT2D eigenvalue weighted by Gasteiger charge is 2.37. The molecule has 1 fully saturated rings. The van der Waals surface area contributed by atoms with Crippen molar-refractivity contribution in [1.82, 2.24) is 9.97 Å². The molecule has 0 radical (unpaired) electrons. The molecule has 6 heteroatoms. The number of hydrogen-bond donors (Lipinski definition) is 1. The lowest BCUT2D eigenvalue weighted by Gasteiger charge is -2.24. The summed E-state index contributed by atoms with van der Waals surface area (Å²) < 4.78 is 4.79. The third-order valence-electron chi connectivity index (χ3n) is 3.21. The number of ether oxygens (including phenoxy) is 1. The average Bonchev–Trinajstić information content (AvgIpc) is 2.70. The van der Waals surface area contributed by atoms with Crippen molar-refractivity contribution in [1.29, 1.82) is 0 Å². The molecule has 2 heterocycles. The van der Waals surface area contributed by atoms with Crippen LogP contribution >= 0.6 is 0 Å². The van der Waals surface area contributed by atoms with E-state index in [-0.39, 0.29) is 23.9 Å². The van der Waals surface area contributed by atoms with Gasteiger partial charge in [-0.05, 0) is 19.4 Å². The maximum absolute atomic E-state index is 11.6. The highest BCUT2D eigenvalue weighted by Crippen LogP contribution is 2.29. The zero-order valence-electron chi connectivity index (χ0n) is 9.96. The Morgan fingerprint density at radius 3 is 3.06 bits per heavy atom. The lowest BCUT2D eigenvalue weighted by Crippen LogP contribution is -2.34. The van der Waals surface area contributed by atoms with Crippen molar-refractivity contribution in [2.24, 2.45) is 5.92 Å². The minimum atomic E-state index is -0.165. The zero-order chi connectivity index (χ0) is 12.4. The second-order valence-corrected chi connectivity index (χ2v) is 4.13. The average molecular weight is 236 g/mol. The lowest BCUT2D eigenvalue weighted by atomic mass is 10.0. The van der Waals surface area contributed by atoms with Crippen LogP contribution in [0.1, 0.15) is 13.3 Å². The summed E-state index contributed by atoms with van der Waals surface area (Å²) in [7, 11) is 1.42. The molecule has 0 bridgehead atoms. The number of nitrogen functional groups attached to an aromatic ring is 1. The Kier molecular flexibility index (Phi) is 3.12. The van der Waals surface area contributed by atoms with Crippen molar-refractivity contribution < 1.29 is 9.53 Å². The highest BCUT2D eigenvalue weighted by molar-refractivity contribution is 5.74. The molecule has 1 aromatic heterocycles. The van der Waals surface area contributed by atoms with E-state index in [1.165, 1.54) is 7.11 Å². The second kappa shape index (κ2) is 4.57. The van der Waals surface area contributed by atoms with Crippen LogP contribution < -0.4 is 10.6 Å². The molecule has 0 saturated carbocycles. The SMILES string of the molecule is COC(=O)C1CCN(c2ccnc(N)n2)C1C. The standard InChI is InChI=1S/C11H16N4O2/c1-7-8(10(16)17-2)4-6-15(7)9-3-5-13-11(12)14-9/h3,5,7-8H,4,6H2,1-2H3,(H2,12,13,14). The molecular formula is C11H16N4O2. The number of aromatic nitrogens is 2. The van der Waals surface area contributed by atoms with Gasteiger partial charge >= 0.3 is 5.97 Å². The van der Waals surface area contributed by atoms with E-state index >= 15 is 0 Å². The van der Waals surface area contributed by atoms with Gasteiger partial charge in [-0.1, -0.05) is 0 Å². The van der Waals surface area contributed by atoms with E-state index in [0.717, 1.165) is 18.8 Å². The summed E-state index contributed by atoms with van der Waals surface area (Å²) >= 11 is 0. The van der Waals surface area contributed by atoms with Crippen molar-refractivity contribution in [3.8, 4) is 0 Å². The normalized spacial score (nSPS) is 23.8. The molecule has 2 rings (SSSR count). The molecule has 1 aliphatic rings. The van der Waals surface area contributed by atoms with Gasteiger partial charge in [0.1, 0.15) is 5.82 Å². The molecule has 0 spiro atoms. The van der Waals surface area contributed by atoms with Gasteiger partial charge in [-0.3, -0.25) is 4.79 Å². The fraction of sp³-hybridized carbons (Fsp3) is 0.545. The van der Waals surface area contributed by atoms with Gasteiger partial charge in [-0.15, -0.1) is 0 Å². The fourth-order valence-corrected chi connectivity index (χ4v) is 2.25. The van der Waals surface area contributed by atoms with Crippen LogP contribution in [0.25, 0.3) is 0 Å². The first-order valence-electron chi connectivity index (χ1n) is 5.56. The first-order chi connectivity index (χ1) is 8.13. The van der Waals surface area contributed by atoms with Crippen molar-refractivity contribution >= 4 is 17.7 Å². The Morgan fingerprint density at radius 2 is 2.41 bits per heavy atom. The number of rotatable bonds is 2. The van der Waals surface area contributed by atoms with Gasteiger partial charge in [-0.25, -0.2) is 4.98 Å². The summed E-state index contributed by atoms with van der Waals surface area (Å²) in [4.78, 5) is 21.6. The third kappa shape index (κ3) is 2.15. The molecule has 1 saturated heterocycles. The van der Waals surface area contributed by atoms with Gasteiger partial charge in [0.15, 0.2) is 0 Å². The molecule has 92 valence electrons. The number of hydrogen-bond acceptors (Lipinski definition) is 6. The number of nitrogens with two attached hydrogens (primary N) is 1. The summed E-state index contributed by atoms with van der Waals surface area (Å²) in [6, 6.07) is 1.86. The molecule has 2 atom stereocenters. The summed E-state index contributed by atoms with van der Waals surface area (Å²) in [6.45, 7) is 2.77. The summed E-state index contributed by atoms with van der Waals surface area (Å²) in [5, 5.41) is 0. The van der Waals surface area contributed by atoms with Gasteiger partial charge in [-0.2, -0.15) is 4.98 Å². The maximum Gasteiger partial charge on any atom is 0.310 e. The van der Waals surface area contributed by atoms with Crippen LogP contribution in [-0.4, -0.2) is 35.6 Å². The first-order valence-corrected chi connectivity index (χ1v) is 5.56. The Labute approximate surface area is 99.8 Å². The second-order valence-electron chi connectivity index (χ2n) is 4.13. The molecule has 1 aromatic rings. The van der Waals surface area contributed by atoms with Gasteiger partial charge in [0, 0.05) is 18.8 Å². The Balaban J connectivity index is 2.17. The molecule has 2 N–H and O–H groups in total. The Hall–Kier alpha value is -1.85. The van der Waals surface area contributed by atoms with Crippen molar-refractivity contribution in [2.45, 2.75) is 19.4 Å². The van der Waals surface area contributed by atoms with Crippen LogP contribution in [0, 0.1) is 5.92 Å². The van der Waals surface area contributed by atoms with Crippen LogP contribution in [0.5, 0.6) is 0 Å². The molecule has 2 unspecified atom stereocenters. The van der Waals surface area contributed by atoms with E-state index in [4.69, 9.17) is 10.5 Å². The van der Waals surface area contributed by atoms with E-state index < -0.39 is 0 Å². The molecular weight excluding hydrogens is 220 g/mol. The van der Waals surface area contributed by atoms with Crippen LogP contribution in [0.4, 0.5) is 11.8 Å². The van der Waals surface area contributed by atoms with E-state index in [1.807, 2.05) is 6.92 Å². The van der Waals surface area contributed by atoms with Crippen molar-refractivity contribution in [3.63, 3.8) is 0 Å². The minimum absolute atomic E-state index is 0.0664. The predicted octanol–water partition coefficient (Wildman–Crippen LogP) is 0.447. The molecule has 17 heavy (non-hydrogen) atoms. The Morgan fingerprint density at radius 1 is 1.65 bits per heavy atom. The van der Waals surface area contributed by atoms with Crippen LogP contribution in [0.15, 0.2) is 12.3 Å². The quantitative estimate of drug-likeness (QED) is 0.751. The molecule has 6 nitrogen and oxygen atoms in total. The number of methoxy groups -OCH3 is 1. The fourth-order valence-electron chi connectivity index (χ4n) is 2.25. The smallest absolute Gasteiger partial charge is 0.310 e. The van der Waals surface area contributed by atoms with Gasteiger partial charge in [0.2, 0.25) is 5.95 Å². The molecule has 0 aliphatic carbocycles. The van der Waals surface area contributed by atoms with E-state index in [9.17, 15) is 4.79 Å². The number of nitrogens with zero attached hydrogens (tertiary/aromatic N) is 3. The van der Waals surface area contributed by atoms with Crippen LogP contribution in [0.3, 0.4) is 0 Å². The summed E-state index contributed by atoms with van der Waals surface area (Å²) in [5.41, 5.74) is 5.55. The first kappa shape index (κ1) is 11.6. The number of carbonyl (C=O) groups is 1. The number of esters is 1. The van der Waals surface area contributed by atoms with Crippen LogP contribution in [0.2, 0.25) is 0 Å². The van der Waals surface area contributed by atoms with E-state index in [2.05, 4.69) is 14.9 Å². The topological polar surface area (TPSA) is 81.3 Å². The monoisotopic (exact) mass is 236 g/mol. The maximum atomic E-state index is 11.6. The number of carbonyl (C=O) groups excluding carboxylic acids is 1. The van der Waals surface area contributed by atoms with Crippen LogP contribution in [-0.2, 0) is 9.53 Å². The molecule has 0 aromatic carbocycles. The van der Waals surface area contributed by atoms with E-state index in [1.54, 1.807) is 12.3 Å². The van der Waals surface area contributed by atoms with Gasteiger partial charge in [0.05, 0.1) is 13.0 Å². The van der Waals surface area contributed by atoms with Gasteiger partial charge in [0.25, 0.3) is 0 Å². The third-order valence-corrected chi connectivity index (χ3v) is 3.21. The summed E-state index contributed by atoms with van der Waals surface area (Å²) in [5.74, 6) is 0.742.